The Balaban J connectivity index is 1.96. The van der Waals surface area contributed by atoms with E-state index in [0.29, 0.717) is 17.3 Å². The van der Waals surface area contributed by atoms with E-state index in [4.69, 9.17) is 4.74 Å². The average Bonchev–Trinajstić information content (AvgIpc) is 2.45. The molecular weight excluding hydrogens is 271 g/mol. The summed E-state index contributed by atoms with van der Waals surface area (Å²) in [5.74, 6) is 0.973. The molecule has 20 heavy (non-hydrogen) atoms. The number of benzene rings is 1. The van der Waals surface area contributed by atoms with E-state index in [1.807, 2.05) is 0 Å². The van der Waals surface area contributed by atoms with Crippen molar-refractivity contribution in [3.63, 3.8) is 0 Å². The Morgan fingerprint density at radius 2 is 1.80 bits per heavy atom. The van der Waals surface area contributed by atoms with E-state index < -0.39 is 11.7 Å². The lowest BCUT2D eigenvalue weighted by atomic mass is 10.2. The Kier molecular flexibility index (Phi) is 4.07. The highest BCUT2D eigenvalue weighted by molar-refractivity contribution is 5.30. The van der Waals surface area contributed by atoms with Gasteiger partial charge in [-0.05, 0) is 24.3 Å². The first-order valence-electron chi connectivity index (χ1n) is 5.78. The fourth-order valence-corrected chi connectivity index (χ4v) is 1.46. The molecule has 2 aromatic rings. The zero-order chi connectivity index (χ0) is 14.6. The molecule has 2 rings (SSSR count). The second kappa shape index (κ2) is 5.77. The average molecular weight is 283 g/mol. The largest absolute Gasteiger partial charge is 0.487 e. The first kappa shape index (κ1) is 14.1. The summed E-state index contributed by atoms with van der Waals surface area (Å²) >= 11 is 0. The topological polar surface area (TPSA) is 47.0 Å². The quantitative estimate of drug-likeness (QED) is 0.936. The molecule has 0 saturated carbocycles. The van der Waals surface area contributed by atoms with E-state index in [2.05, 4.69) is 15.3 Å². The van der Waals surface area contributed by atoms with Gasteiger partial charge in [-0.1, -0.05) is 0 Å². The molecule has 0 spiro atoms. The van der Waals surface area contributed by atoms with Crippen LogP contribution in [-0.2, 0) is 12.8 Å². The molecule has 0 bridgehead atoms. The van der Waals surface area contributed by atoms with Crippen molar-refractivity contribution >= 4 is 5.82 Å². The molecule has 0 atom stereocenters. The van der Waals surface area contributed by atoms with Gasteiger partial charge in [0.1, 0.15) is 18.2 Å². The van der Waals surface area contributed by atoms with E-state index in [1.165, 1.54) is 18.3 Å². The third-order valence-electron chi connectivity index (χ3n) is 2.53. The molecule has 0 radical (unpaired) electrons. The van der Waals surface area contributed by atoms with Gasteiger partial charge in [-0.3, -0.25) is 4.98 Å². The number of alkyl halides is 3. The second-order valence-corrected chi connectivity index (χ2v) is 3.95. The molecule has 0 aliphatic heterocycles. The lowest BCUT2D eigenvalue weighted by Gasteiger charge is -2.09. The van der Waals surface area contributed by atoms with Crippen molar-refractivity contribution < 1.29 is 17.9 Å². The lowest BCUT2D eigenvalue weighted by molar-refractivity contribution is -0.137. The maximum absolute atomic E-state index is 12.4. The lowest BCUT2D eigenvalue weighted by Crippen LogP contribution is -2.05. The van der Waals surface area contributed by atoms with Gasteiger partial charge in [-0.25, -0.2) is 4.98 Å². The third kappa shape index (κ3) is 3.59. The number of hydrogen-bond donors (Lipinski definition) is 1. The number of rotatable bonds is 4. The van der Waals surface area contributed by atoms with E-state index in [-0.39, 0.29) is 6.61 Å². The molecule has 0 aliphatic carbocycles. The van der Waals surface area contributed by atoms with Crippen LogP contribution >= 0.6 is 0 Å². The maximum Gasteiger partial charge on any atom is 0.416 e. The van der Waals surface area contributed by atoms with Crippen LogP contribution in [0.15, 0.2) is 36.7 Å². The summed E-state index contributed by atoms with van der Waals surface area (Å²) in [6.07, 6.45) is -1.26. The summed E-state index contributed by atoms with van der Waals surface area (Å²) in [4.78, 5) is 8.14. The number of hydrogen-bond acceptors (Lipinski definition) is 4. The first-order valence-corrected chi connectivity index (χ1v) is 5.78. The van der Waals surface area contributed by atoms with Gasteiger partial charge >= 0.3 is 6.18 Å². The number of nitrogens with one attached hydrogen (secondary N) is 1. The van der Waals surface area contributed by atoms with Crippen LogP contribution in [0.5, 0.6) is 5.75 Å². The molecule has 1 aromatic carbocycles. The van der Waals surface area contributed by atoms with Gasteiger partial charge < -0.3 is 10.1 Å². The van der Waals surface area contributed by atoms with E-state index in [0.717, 1.165) is 12.1 Å². The minimum atomic E-state index is -4.34. The van der Waals surface area contributed by atoms with Crippen LogP contribution in [0, 0.1) is 0 Å². The molecule has 4 nitrogen and oxygen atoms in total. The predicted octanol–water partition coefficient (Wildman–Crippen LogP) is 3.12. The van der Waals surface area contributed by atoms with Gasteiger partial charge in [0.05, 0.1) is 23.7 Å². The van der Waals surface area contributed by atoms with Crippen molar-refractivity contribution in [1.29, 1.82) is 0 Å². The van der Waals surface area contributed by atoms with Crippen LogP contribution in [0.3, 0.4) is 0 Å². The summed E-state index contributed by atoms with van der Waals surface area (Å²) < 4.78 is 42.5. The highest BCUT2D eigenvalue weighted by atomic mass is 19.4. The summed E-state index contributed by atoms with van der Waals surface area (Å²) in [7, 11) is 1.72. The van der Waals surface area contributed by atoms with Gasteiger partial charge in [-0.15, -0.1) is 0 Å². The number of nitrogens with zero attached hydrogens (tertiary/aromatic N) is 2. The Morgan fingerprint density at radius 3 is 2.30 bits per heavy atom. The number of halogens is 3. The molecule has 1 N–H and O–H groups in total. The minimum absolute atomic E-state index is 0.141. The predicted molar refractivity (Wildman–Crippen MR) is 67.4 cm³/mol. The third-order valence-corrected chi connectivity index (χ3v) is 2.53. The molecular formula is C13H12F3N3O. The van der Waals surface area contributed by atoms with Gasteiger partial charge in [0.15, 0.2) is 0 Å². The van der Waals surface area contributed by atoms with Gasteiger partial charge in [-0.2, -0.15) is 13.2 Å². The van der Waals surface area contributed by atoms with Crippen LogP contribution in [0.4, 0.5) is 19.0 Å². The first-order chi connectivity index (χ1) is 9.49. The minimum Gasteiger partial charge on any atom is -0.487 e. The SMILES string of the molecule is CNc1cnc(COc2ccc(C(F)(F)F)cc2)cn1. The molecule has 0 amide bonds. The Bertz CT molecular complexity index is 553. The Labute approximate surface area is 113 Å². The standard InChI is InChI=1S/C13H12F3N3O/c1-17-12-7-18-10(6-19-12)8-20-11-4-2-9(3-5-11)13(14,15)16/h2-7H,8H2,1H3,(H,17,19). The maximum atomic E-state index is 12.4. The normalized spacial score (nSPS) is 11.2. The fraction of sp³-hybridized carbons (Fsp3) is 0.231. The molecule has 0 saturated heterocycles. The zero-order valence-electron chi connectivity index (χ0n) is 10.6. The highest BCUT2D eigenvalue weighted by Gasteiger charge is 2.29. The van der Waals surface area contributed by atoms with Gasteiger partial charge in [0.2, 0.25) is 0 Å². The molecule has 0 fully saturated rings. The summed E-state index contributed by atoms with van der Waals surface area (Å²) in [5, 5.41) is 2.83. The molecule has 106 valence electrons. The summed E-state index contributed by atoms with van der Waals surface area (Å²) in [6.45, 7) is 0.141. The Morgan fingerprint density at radius 1 is 1.10 bits per heavy atom. The van der Waals surface area contributed by atoms with Gasteiger partial charge in [0, 0.05) is 7.05 Å². The van der Waals surface area contributed by atoms with Crippen molar-refractivity contribution in [2.75, 3.05) is 12.4 Å². The van der Waals surface area contributed by atoms with Crippen molar-refractivity contribution in [1.82, 2.24) is 9.97 Å². The monoisotopic (exact) mass is 283 g/mol. The Hall–Kier alpha value is -2.31. The summed E-state index contributed by atoms with van der Waals surface area (Å²) in [5.41, 5.74) is -0.119. The van der Waals surface area contributed by atoms with Crippen molar-refractivity contribution in [3.8, 4) is 5.75 Å². The summed E-state index contributed by atoms with van der Waals surface area (Å²) in [6, 6.07) is 4.51. The molecule has 0 unspecified atom stereocenters. The molecule has 1 aromatic heterocycles. The highest BCUT2D eigenvalue weighted by Crippen LogP contribution is 2.30. The van der Waals surface area contributed by atoms with Crippen LogP contribution in [-0.4, -0.2) is 17.0 Å². The van der Waals surface area contributed by atoms with Gasteiger partial charge in [0.25, 0.3) is 0 Å². The van der Waals surface area contributed by atoms with Crippen molar-refractivity contribution in [3.05, 3.63) is 47.9 Å². The van der Waals surface area contributed by atoms with Crippen LogP contribution in [0.25, 0.3) is 0 Å². The smallest absolute Gasteiger partial charge is 0.416 e. The number of anilines is 1. The molecule has 7 heteroatoms. The second-order valence-electron chi connectivity index (χ2n) is 3.95. The van der Waals surface area contributed by atoms with Crippen LogP contribution < -0.4 is 10.1 Å². The molecule has 1 heterocycles. The van der Waals surface area contributed by atoms with E-state index in [1.54, 1.807) is 13.2 Å². The van der Waals surface area contributed by atoms with Crippen LogP contribution in [0.1, 0.15) is 11.3 Å². The number of ether oxygens (including phenoxy) is 1. The van der Waals surface area contributed by atoms with Crippen LogP contribution in [0.2, 0.25) is 0 Å². The van der Waals surface area contributed by atoms with E-state index >= 15 is 0 Å². The fourth-order valence-electron chi connectivity index (χ4n) is 1.46. The van der Waals surface area contributed by atoms with Crippen molar-refractivity contribution in [2.45, 2.75) is 12.8 Å². The zero-order valence-corrected chi connectivity index (χ0v) is 10.6. The van der Waals surface area contributed by atoms with E-state index in [9.17, 15) is 13.2 Å². The number of aromatic nitrogens is 2. The van der Waals surface area contributed by atoms with Crippen molar-refractivity contribution in [2.24, 2.45) is 0 Å². The molecule has 0 aliphatic rings.